The molecular weight excluding hydrogens is 1080 g/mol. The van der Waals surface area contributed by atoms with Crippen LogP contribution in [0.25, 0.3) is 21.6 Å². The number of morpholine rings is 1. The lowest BCUT2D eigenvalue weighted by Crippen LogP contribution is -2.58. The van der Waals surface area contributed by atoms with Crippen LogP contribution in [0.5, 0.6) is 5.88 Å². The van der Waals surface area contributed by atoms with Gasteiger partial charge in [-0.05, 0) is 80.5 Å². The molecule has 0 saturated carbocycles. The van der Waals surface area contributed by atoms with Gasteiger partial charge < -0.3 is 59.4 Å². The van der Waals surface area contributed by atoms with E-state index in [2.05, 4.69) is 35.7 Å². The second-order valence-electron chi connectivity index (χ2n) is 21.9. The number of likely N-dealkylation sites (tertiary alicyclic amines) is 2. The van der Waals surface area contributed by atoms with Gasteiger partial charge in [0.25, 0.3) is 5.91 Å². The standard InChI is InChI=1S/C59H74F3N9O10S/c1-37(40-10-12-41(13-11-40)52-39(3)65-36-82-52)66-55(75)49-31-46(72)34-71(49)57(76)53(58(4,5)6)68-51(73)35-80-27-26-79-25-24-78-21-18-69-16-14-47(15-17-69)81-56-50(70-19-22-77-23-20-70)29-43(32-64-56)48-30-45(33-63-38(48)2)67-54(74)42-8-7-9-44(28-42)59(60,61)62/h7-13,28-30,32-33,36-37,46-47,49,53,72H,14-27,31,34-35H2,1-6H3,(H,66,75)(H,67,74)(H,68,73)/t37?,46-,49+,53?/m1/s1. The predicted octanol–water partition coefficient (Wildman–Crippen LogP) is 7.25. The highest BCUT2D eigenvalue weighted by Crippen LogP contribution is 2.36. The quantitative estimate of drug-likeness (QED) is 0.0474. The minimum absolute atomic E-state index is 0.0363. The molecule has 442 valence electrons. The Bertz CT molecular complexity index is 2960. The van der Waals surface area contributed by atoms with Crippen LogP contribution in [0.3, 0.4) is 0 Å². The largest absolute Gasteiger partial charge is 0.473 e. The van der Waals surface area contributed by atoms with Crippen LogP contribution in [0.15, 0.2) is 78.6 Å². The number of aromatic nitrogens is 3. The monoisotopic (exact) mass is 1160 g/mol. The van der Waals surface area contributed by atoms with Gasteiger partial charge in [0.1, 0.15) is 30.5 Å². The molecule has 0 radical (unpaired) electrons. The van der Waals surface area contributed by atoms with Gasteiger partial charge in [-0.1, -0.05) is 51.1 Å². The predicted molar refractivity (Wildman–Crippen MR) is 304 cm³/mol. The summed E-state index contributed by atoms with van der Waals surface area (Å²) >= 11 is 1.57. The number of ether oxygens (including phenoxy) is 5. The van der Waals surface area contributed by atoms with Gasteiger partial charge in [-0.3, -0.25) is 24.2 Å². The number of amides is 4. The SMILES string of the molecule is Cc1ncc(NC(=O)c2cccc(C(F)(F)F)c2)cc1-c1cnc(OC2CCN(CCOCCOCCOCC(=O)NC(C(=O)N3C[C@H](O)C[C@H]3C(=O)NC(C)c3ccc(-c4scnc4C)cc3)C(C)(C)C)CC2)c(N2CCOCC2)c1. The highest BCUT2D eigenvalue weighted by molar-refractivity contribution is 7.13. The van der Waals surface area contributed by atoms with Gasteiger partial charge in [0, 0.05) is 74.3 Å². The molecule has 3 aliphatic heterocycles. The summed E-state index contributed by atoms with van der Waals surface area (Å²) in [5.74, 6) is -1.53. The highest BCUT2D eigenvalue weighted by Gasteiger charge is 2.45. The number of aliphatic hydroxyl groups excluding tert-OH is 1. The van der Waals surface area contributed by atoms with Crippen molar-refractivity contribution in [1.82, 2.24) is 35.4 Å². The summed E-state index contributed by atoms with van der Waals surface area (Å²) in [6.45, 7) is 17.1. The number of carbonyl (C=O) groups is 4. The normalized spacial score (nSPS) is 18.0. The van der Waals surface area contributed by atoms with E-state index in [9.17, 15) is 37.5 Å². The van der Waals surface area contributed by atoms with E-state index in [1.807, 2.05) is 77.4 Å². The zero-order valence-corrected chi connectivity index (χ0v) is 48.1. The first kappa shape index (κ1) is 61.5. The Morgan fingerprint density at radius 3 is 2.22 bits per heavy atom. The molecule has 4 amide bonds. The molecule has 4 atom stereocenters. The maximum atomic E-state index is 14.1. The number of hydrogen-bond acceptors (Lipinski definition) is 16. The number of thiazole rings is 1. The molecule has 23 heteroatoms. The molecule has 8 rings (SSSR count). The Morgan fingerprint density at radius 1 is 0.829 bits per heavy atom. The van der Waals surface area contributed by atoms with Crippen molar-refractivity contribution in [2.45, 2.75) is 97.3 Å². The molecule has 4 N–H and O–H groups in total. The summed E-state index contributed by atoms with van der Waals surface area (Å²) in [5.41, 5.74) is 6.14. The number of pyridine rings is 2. The fraction of sp³-hybridized carbons (Fsp3) is 0.508. The van der Waals surface area contributed by atoms with E-state index in [1.54, 1.807) is 23.6 Å². The summed E-state index contributed by atoms with van der Waals surface area (Å²) in [6, 6.07) is 13.6. The van der Waals surface area contributed by atoms with Crippen molar-refractivity contribution < 1.29 is 61.1 Å². The number of aliphatic hydroxyl groups is 1. The number of β-amino-alcohol motifs (C(OH)–C–C–N with tert-alkyl or cyclic N) is 1. The van der Waals surface area contributed by atoms with Gasteiger partial charge in [-0.2, -0.15) is 13.2 Å². The lowest BCUT2D eigenvalue weighted by molar-refractivity contribution is -0.144. The number of alkyl halides is 3. The summed E-state index contributed by atoms with van der Waals surface area (Å²) in [6.07, 6.45) is -0.741. The molecule has 2 unspecified atom stereocenters. The maximum Gasteiger partial charge on any atom is 0.416 e. The van der Waals surface area contributed by atoms with Gasteiger partial charge in [0.15, 0.2) is 0 Å². The third-order valence-electron chi connectivity index (χ3n) is 14.7. The highest BCUT2D eigenvalue weighted by atomic mass is 32.1. The first-order chi connectivity index (χ1) is 39.2. The molecule has 0 spiro atoms. The maximum absolute atomic E-state index is 14.1. The van der Waals surface area contributed by atoms with Crippen molar-refractivity contribution in [3.05, 3.63) is 107 Å². The average molecular weight is 1160 g/mol. The smallest absolute Gasteiger partial charge is 0.416 e. The topological polar surface area (TPSA) is 219 Å². The minimum Gasteiger partial charge on any atom is -0.473 e. The zero-order chi connectivity index (χ0) is 58.6. The Kier molecular flexibility index (Phi) is 21.1. The van der Waals surface area contributed by atoms with Gasteiger partial charge in [-0.15, -0.1) is 11.3 Å². The third kappa shape index (κ3) is 16.6. The number of nitrogens with zero attached hydrogens (tertiary/aromatic N) is 6. The van der Waals surface area contributed by atoms with E-state index < -0.39 is 53.1 Å². The minimum atomic E-state index is -4.58. The second-order valence-corrected chi connectivity index (χ2v) is 22.7. The Hall–Kier alpha value is -6.60. The zero-order valence-electron chi connectivity index (χ0n) is 47.3. The van der Waals surface area contributed by atoms with Crippen LogP contribution in [-0.2, 0) is 39.5 Å². The number of anilines is 2. The van der Waals surface area contributed by atoms with Crippen LogP contribution in [0.4, 0.5) is 24.5 Å². The molecule has 3 aliphatic rings. The fourth-order valence-corrected chi connectivity index (χ4v) is 10.9. The van der Waals surface area contributed by atoms with E-state index in [0.29, 0.717) is 68.9 Å². The molecule has 3 saturated heterocycles. The van der Waals surface area contributed by atoms with Crippen LogP contribution >= 0.6 is 11.3 Å². The van der Waals surface area contributed by atoms with Crippen molar-refractivity contribution in [2.24, 2.45) is 5.41 Å². The molecule has 2 aromatic carbocycles. The van der Waals surface area contributed by atoms with Gasteiger partial charge in [0.05, 0.1) is 91.9 Å². The van der Waals surface area contributed by atoms with Crippen LogP contribution in [0.2, 0.25) is 0 Å². The summed E-state index contributed by atoms with van der Waals surface area (Å²) in [7, 11) is 0. The summed E-state index contributed by atoms with van der Waals surface area (Å²) in [4.78, 5) is 74.5. The molecule has 6 heterocycles. The lowest BCUT2D eigenvalue weighted by Gasteiger charge is -2.35. The summed E-state index contributed by atoms with van der Waals surface area (Å²) in [5, 5.41) is 19.2. The van der Waals surface area contributed by atoms with Crippen molar-refractivity contribution in [2.75, 3.05) is 102 Å². The molecule has 0 aliphatic carbocycles. The van der Waals surface area contributed by atoms with Crippen molar-refractivity contribution in [3.63, 3.8) is 0 Å². The average Bonchev–Trinajstić information content (AvgIpc) is 4.09. The molecular formula is C59H74F3N9O10S. The Labute approximate surface area is 480 Å². The molecule has 19 nitrogen and oxygen atoms in total. The third-order valence-corrected chi connectivity index (χ3v) is 15.7. The van der Waals surface area contributed by atoms with Crippen molar-refractivity contribution in [3.8, 4) is 27.4 Å². The van der Waals surface area contributed by atoms with Gasteiger partial charge >= 0.3 is 6.18 Å². The van der Waals surface area contributed by atoms with E-state index in [1.165, 1.54) is 23.2 Å². The lowest BCUT2D eigenvalue weighted by atomic mass is 9.85. The van der Waals surface area contributed by atoms with E-state index in [-0.39, 0.29) is 56.4 Å². The van der Waals surface area contributed by atoms with Crippen molar-refractivity contribution >= 4 is 46.3 Å². The molecule has 82 heavy (non-hydrogen) atoms. The number of hydrogen-bond donors (Lipinski definition) is 4. The number of rotatable bonds is 23. The number of aryl methyl sites for hydroxylation is 2. The van der Waals surface area contributed by atoms with E-state index in [4.69, 9.17) is 28.7 Å². The first-order valence-corrected chi connectivity index (χ1v) is 28.6. The number of halogens is 3. The molecule has 3 aromatic heterocycles. The van der Waals surface area contributed by atoms with Crippen molar-refractivity contribution in [1.29, 1.82) is 0 Å². The van der Waals surface area contributed by atoms with Crippen LogP contribution in [0, 0.1) is 19.3 Å². The number of benzene rings is 2. The van der Waals surface area contributed by atoms with E-state index >= 15 is 0 Å². The van der Waals surface area contributed by atoms with Gasteiger partial charge in [-0.25, -0.2) is 9.97 Å². The van der Waals surface area contributed by atoms with Crippen LogP contribution in [0.1, 0.15) is 85.9 Å². The summed E-state index contributed by atoms with van der Waals surface area (Å²) < 4.78 is 69.4. The Morgan fingerprint density at radius 2 is 1.54 bits per heavy atom. The molecule has 0 bridgehead atoms. The van der Waals surface area contributed by atoms with E-state index in [0.717, 1.165) is 77.6 Å². The number of nitrogens with one attached hydrogen (secondary N) is 3. The molecule has 5 aromatic rings. The number of carbonyl (C=O) groups excluding carboxylic acids is 4. The number of piperidine rings is 1. The first-order valence-electron chi connectivity index (χ1n) is 27.7. The molecule has 3 fully saturated rings. The van der Waals surface area contributed by atoms with Gasteiger partial charge in [0.2, 0.25) is 23.6 Å². The fourth-order valence-electron chi connectivity index (χ4n) is 10.1. The van der Waals surface area contributed by atoms with Crippen LogP contribution < -0.4 is 25.6 Å². The second kappa shape index (κ2) is 28.1. The Balaban J connectivity index is 0.721. The van der Waals surface area contributed by atoms with Crippen LogP contribution in [-0.4, -0.2) is 170 Å².